The van der Waals surface area contributed by atoms with Gasteiger partial charge in [0.2, 0.25) is 0 Å². The van der Waals surface area contributed by atoms with Crippen molar-refractivity contribution in [3.05, 3.63) is 66.4 Å². The largest absolute Gasteiger partial charge is 0.491 e. The third-order valence-corrected chi connectivity index (χ3v) is 5.60. The van der Waals surface area contributed by atoms with Crippen molar-refractivity contribution >= 4 is 17.6 Å². The van der Waals surface area contributed by atoms with Crippen LogP contribution in [0.15, 0.2) is 60.7 Å². The number of carbonyl (C=O) groups is 1. The highest BCUT2D eigenvalue weighted by molar-refractivity contribution is 5.96. The molecule has 1 N–H and O–H groups in total. The molecule has 0 saturated carbocycles. The molecule has 3 aromatic rings. The molecular weight excluding hydrogens is 446 g/mol. The van der Waals surface area contributed by atoms with E-state index in [1.807, 2.05) is 42.5 Å². The number of anilines is 2. The fourth-order valence-electron chi connectivity index (χ4n) is 3.67. The number of nitrogens with one attached hydrogen (secondary N) is 1. The van der Waals surface area contributed by atoms with Crippen molar-refractivity contribution in [2.75, 3.05) is 24.7 Å². The summed E-state index contributed by atoms with van der Waals surface area (Å²) in [6.45, 7) is 7.76. The van der Waals surface area contributed by atoms with Gasteiger partial charge in [-0.2, -0.15) is 5.10 Å². The van der Waals surface area contributed by atoms with Crippen LogP contribution in [0.2, 0.25) is 0 Å². The van der Waals surface area contributed by atoms with Gasteiger partial charge in [0.05, 0.1) is 12.3 Å². The van der Waals surface area contributed by atoms with Crippen LogP contribution in [-0.2, 0) is 14.9 Å². The van der Waals surface area contributed by atoms with Gasteiger partial charge in [0, 0.05) is 29.8 Å². The molecule has 1 aliphatic rings. The molecule has 1 saturated heterocycles. The van der Waals surface area contributed by atoms with E-state index in [0.717, 1.165) is 31.6 Å². The molecule has 0 radical (unpaired) electrons. The van der Waals surface area contributed by atoms with Crippen LogP contribution in [0.4, 0.5) is 16.3 Å². The van der Waals surface area contributed by atoms with Gasteiger partial charge in [-0.15, -0.1) is 0 Å². The normalized spacial score (nSPS) is 16.0. The summed E-state index contributed by atoms with van der Waals surface area (Å²) >= 11 is 0. The molecule has 1 unspecified atom stereocenters. The van der Waals surface area contributed by atoms with Crippen molar-refractivity contribution in [1.29, 1.82) is 0 Å². The number of benzene rings is 2. The number of hydrogen-bond donors (Lipinski definition) is 1. The van der Waals surface area contributed by atoms with Crippen molar-refractivity contribution in [3.63, 3.8) is 0 Å². The summed E-state index contributed by atoms with van der Waals surface area (Å²) in [7, 11) is 0. The maximum absolute atomic E-state index is 13.3. The number of nitrogens with zero attached hydrogens (tertiary/aromatic N) is 2. The van der Waals surface area contributed by atoms with Gasteiger partial charge in [0.15, 0.2) is 12.1 Å². The lowest BCUT2D eigenvalue weighted by Crippen LogP contribution is -2.29. The molecule has 2 heterocycles. The number of rotatable bonds is 8. The molecule has 1 aliphatic heterocycles. The summed E-state index contributed by atoms with van der Waals surface area (Å²) in [6, 6.07) is 18.1. The maximum atomic E-state index is 13.3. The molecule has 0 aliphatic carbocycles. The molecule has 1 atom stereocenters. The maximum Gasteiger partial charge on any atom is 0.425 e. The smallest absolute Gasteiger partial charge is 0.425 e. The Morgan fingerprint density at radius 1 is 1.06 bits per heavy atom. The third kappa shape index (κ3) is 6.83. The lowest BCUT2D eigenvalue weighted by molar-refractivity contribution is -0.165. The Balaban J connectivity index is 1.50. The van der Waals surface area contributed by atoms with Gasteiger partial charge in [-0.3, -0.25) is 5.10 Å². The van der Waals surface area contributed by atoms with E-state index in [1.54, 1.807) is 18.2 Å². The molecule has 2 aromatic carbocycles. The van der Waals surface area contributed by atoms with Gasteiger partial charge >= 0.3 is 6.09 Å². The summed E-state index contributed by atoms with van der Waals surface area (Å²) in [4.78, 5) is 14.7. The van der Waals surface area contributed by atoms with Crippen LogP contribution in [0, 0.1) is 0 Å². The van der Waals surface area contributed by atoms with Crippen molar-refractivity contribution in [3.8, 4) is 11.5 Å². The number of H-pyrrole nitrogens is 1. The van der Waals surface area contributed by atoms with Gasteiger partial charge in [-0.05, 0) is 43.5 Å². The SMILES string of the molecule is CC(C)(C)c1cc(N(C(=O)Oc2ccccc2)c2cccc(OCCOC3CCCCO3)c2)n[nH]1. The third-order valence-electron chi connectivity index (χ3n) is 5.60. The minimum atomic E-state index is -0.571. The monoisotopic (exact) mass is 479 g/mol. The highest BCUT2D eigenvalue weighted by Crippen LogP contribution is 2.31. The molecule has 4 rings (SSSR count). The molecule has 0 spiro atoms. The summed E-state index contributed by atoms with van der Waals surface area (Å²) in [5.41, 5.74) is 1.32. The summed E-state index contributed by atoms with van der Waals surface area (Å²) in [6.07, 6.45) is 2.39. The molecule has 8 nitrogen and oxygen atoms in total. The van der Waals surface area contributed by atoms with Crippen molar-refractivity contribution in [1.82, 2.24) is 10.2 Å². The van der Waals surface area contributed by atoms with E-state index in [1.165, 1.54) is 4.90 Å². The minimum absolute atomic E-state index is 0.154. The average Bonchev–Trinajstić information content (AvgIpc) is 3.34. The Morgan fingerprint density at radius 3 is 2.57 bits per heavy atom. The van der Waals surface area contributed by atoms with Crippen molar-refractivity contribution < 1.29 is 23.7 Å². The molecular formula is C27H33N3O5. The first-order chi connectivity index (χ1) is 16.9. The average molecular weight is 480 g/mol. The van der Waals surface area contributed by atoms with Crippen molar-refractivity contribution in [2.45, 2.75) is 51.7 Å². The molecule has 186 valence electrons. The Bertz CT molecular complexity index is 1090. The zero-order chi connectivity index (χ0) is 24.7. The summed E-state index contributed by atoms with van der Waals surface area (Å²) in [5, 5.41) is 7.45. The van der Waals surface area contributed by atoms with Crippen LogP contribution in [0.5, 0.6) is 11.5 Å². The van der Waals surface area contributed by atoms with E-state index in [0.29, 0.717) is 36.2 Å². The van der Waals surface area contributed by atoms with Crippen LogP contribution in [0.3, 0.4) is 0 Å². The zero-order valence-corrected chi connectivity index (χ0v) is 20.5. The Morgan fingerprint density at radius 2 is 1.86 bits per heavy atom. The molecule has 8 heteroatoms. The highest BCUT2D eigenvalue weighted by Gasteiger charge is 2.26. The number of amides is 1. The van der Waals surface area contributed by atoms with E-state index < -0.39 is 6.09 Å². The fraction of sp³-hybridized carbons (Fsp3) is 0.407. The van der Waals surface area contributed by atoms with Gasteiger partial charge in [0.1, 0.15) is 18.1 Å². The molecule has 0 bridgehead atoms. The molecule has 1 aromatic heterocycles. The van der Waals surface area contributed by atoms with E-state index in [4.69, 9.17) is 18.9 Å². The van der Waals surface area contributed by atoms with E-state index in [-0.39, 0.29) is 11.7 Å². The quantitative estimate of drug-likeness (QED) is 0.401. The summed E-state index contributed by atoms with van der Waals surface area (Å²) < 4.78 is 22.9. The first-order valence-corrected chi connectivity index (χ1v) is 12.0. The molecule has 35 heavy (non-hydrogen) atoms. The van der Waals surface area contributed by atoms with Crippen LogP contribution < -0.4 is 14.4 Å². The Labute approximate surface area is 206 Å². The van der Waals surface area contributed by atoms with Crippen LogP contribution in [0.1, 0.15) is 45.7 Å². The van der Waals surface area contributed by atoms with E-state index in [2.05, 4.69) is 31.0 Å². The second-order valence-electron chi connectivity index (χ2n) is 9.42. The van der Waals surface area contributed by atoms with Crippen LogP contribution >= 0.6 is 0 Å². The van der Waals surface area contributed by atoms with Crippen molar-refractivity contribution in [2.24, 2.45) is 0 Å². The lowest BCUT2D eigenvalue weighted by Gasteiger charge is -2.23. The van der Waals surface area contributed by atoms with Gasteiger partial charge < -0.3 is 18.9 Å². The van der Waals surface area contributed by atoms with Gasteiger partial charge in [-0.1, -0.05) is 45.0 Å². The standard InChI is InChI=1S/C27H33N3O5/c1-27(2,3)23-19-24(29-28-23)30(26(31)35-21-11-5-4-6-12-21)20-10-9-13-22(18-20)32-16-17-34-25-14-7-8-15-33-25/h4-6,9-13,18-19,25H,7-8,14-17H2,1-3H3,(H,28,29). The van der Waals surface area contributed by atoms with Gasteiger partial charge in [-0.25, -0.2) is 9.69 Å². The first-order valence-electron chi connectivity index (χ1n) is 12.0. The number of hydrogen-bond acceptors (Lipinski definition) is 6. The Hall–Kier alpha value is -3.36. The number of para-hydroxylation sites is 1. The van der Waals surface area contributed by atoms with E-state index in [9.17, 15) is 4.79 Å². The van der Waals surface area contributed by atoms with Crippen LogP contribution in [-0.4, -0.2) is 42.4 Å². The molecule has 1 fully saturated rings. The topological polar surface area (TPSA) is 85.9 Å². The highest BCUT2D eigenvalue weighted by atomic mass is 16.7. The van der Waals surface area contributed by atoms with Gasteiger partial charge in [0.25, 0.3) is 0 Å². The fourth-order valence-corrected chi connectivity index (χ4v) is 3.67. The number of ether oxygens (including phenoxy) is 4. The van der Waals surface area contributed by atoms with E-state index >= 15 is 0 Å². The number of carbonyl (C=O) groups excluding carboxylic acids is 1. The molecule has 1 amide bonds. The Kier molecular flexibility index (Phi) is 8.05. The first kappa shape index (κ1) is 24.8. The van der Waals surface area contributed by atoms with Crippen LogP contribution in [0.25, 0.3) is 0 Å². The minimum Gasteiger partial charge on any atom is -0.491 e. The predicted molar refractivity (Wildman–Crippen MR) is 133 cm³/mol. The predicted octanol–water partition coefficient (Wildman–Crippen LogP) is 5.97. The number of aromatic amines is 1. The number of aromatic nitrogens is 2. The second kappa shape index (κ2) is 11.4. The second-order valence-corrected chi connectivity index (χ2v) is 9.42. The summed E-state index contributed by atoms with van der Waals surface area (Å²) in [5.74, 6) is 1.49. The zero-order valence-electron chi connectivity index (χ0n) is 20.5. The lowest BCUT2D eigenvalue weighted by atomic mass is 9.92.